The maximum Gasteiger partial charge on any atom is 0.412 e. The summed E-state index contributed by atoms with van der Waals surface area (Å²) in [4.78, 5) is 21.6. The van der Waals surface area contributed by atoms with Crippen LogP contribution in [0.1, 0.15) is 32.8 Å². The second-order valence-electron chi connectivity index (χ2n) is 4.50. The van der Waals surface area contributed by atoms with Crippen LogP contribution in [0.15, 0.2) is 11.4 Å². The Morgan fingerprint density at radius 1 is 1.56 bits per heavy atom. The zero-order valence-corrected chi connectivity index (χ0v) is 11.4. The largest absolute Gasteiger partial charge is 0.444 e. The fraction of sp³-hybridized carbons (Fsp3) is 0.385. The van der Waals surface area contributed by atoms with Gasteiger partial charge in [-0.2, -0.15) is 0 Å². The maximum absolute atomic E-state index is 11.5. The van der Waals surface area contributed by atoms with Gasteiger partial charge >= 0.3 is 6.09 Å². The Morgan fingerprint density at radius 3 is 2.89 bits per heavy atom. The first-order valence-electron chi connectivity index (χ1n) is 5.42. The van der Waals surface area contributed by atoms with E-state index in [0.29, 0.717) is 5.00 Å². The summed E-state index contributed by atoms with van der Waals surface area (Å²) in [5.74, 6) is 5.53. The second-order valence-corrected chi connectivity index (χ2v) is 5.41. The van der Waals surface area contributed by atoms with Crippen molar-refractivity contribution < 1.29 is 14.3 Å². The summed E-state index contributed by atoms with van der Waals surface area (Å²) in [5.41, 5.74) is 0.251. The summed E-state index contributed by atoms with van der Waals surface area (Å²) < 4.78 is 5.12. The number of aldehydes is 1. The summed E-state index contributed by atoms with van der Waals surface area (Å²) >= 11 is 1.36. The highest BCUT2D eigenvalue weighted by Crippen LogP contribution is 2.20. The molecular formula is C13H15NO3S. The van der Waals surface area contributed by atoms with Crippen LogP contribution >= 0.6 is 11.3 Å². The molecule has 0 bridgehead atoms. The van der Waals surface area contributed by atoms with Gasteiger partial charge in [0, 0.05) is 10.9 Å². The fourth-order valence-electron chi connectivity index (χ4n) is 1.07. The number of carbonyl (C=O) groups is 2. The average Bonchev–Trinajstić information content (AvgIpc) is 2.63. The van der Waals surface area contributed by atoms with Gasteiger partial charge in [0.2, 0.25) is 0 Å². The summed E-state index contributed by atoms with van der Waals surface area (Å²) in [6.45, 7) is 5.41. The summed E-state index contributed by atoms with van der Waals surface area (Å²) in [5, 5.41) is 5.11. The van der Waals surface area contributed by atoms with Gasteiger partial charge in [-0.05, 0) is 26.8 Å². The van der Waals surface area contributed by atoms with Gasteiger partial charge in [0.25, 0.3) is 0 Å². The van der Waals surface area contributed by atoms with E-state index in [1.807, 2.05) is 5.38 Å². The Kier molecular flexibility index (Phi) is 4.93. The first-order chi connectivity index (χ1) is 8.40. The van der Waals surface area contributed by atoms with E-state index < -0.39 is 11.7 Å². The molecule has 1 N–H and O–H groups in total. The molecule has 1 amide bonds. The maximum atomic E-state index is 11.5. The Bertz CT molecular complexity index is 488. The molecule has 0 spiro atoms. The van der Waals surface area contributed by atoms with Crippen molar-refractivity contribution >= 4 is 28.7 Å². The van der Waals surface area contributed by atoms with Crippen molar-refractivity contribution in [3.05, 3.63) is 17.0 Å². The summed E-state index contributed by atoms with van der Waals surface area (Å²) in [6.07, 6.45) is 0.473. The lowest BCUT2D eigenvalue weighted by Crippen LogP contribution is -2.26. The van der Waals surface area contributed by atoms with Gasteiger partial charge in [-0.25, -0.2) is 4.79 Å². The molecular weight excluding hydrogens is 250 g/mol. The van der Waals surface area contributed by atoms with Crippen molar-refractivity contribution in [2.75, 3.05) is 5.32 Å². The molecule has 1 rings (SSSR count). The summed E-state index contributed by atoms with van der Waals surface area (Å²) in [6, 6.07) is 1.74. The summed E-state index contributed by atoms with van der Waals surface area (Å²) in [7, 11) is 0. The molecule has 0 saturated carbocycles. The molecule has 4 nitrogen and oxygen atoms in total. The van der Waals surface area contributed by atoms with E-state index in [1.54, 1.807) is 26.8 Å². The quantitative estimate of drug-likeness (QED) is 0.660. The molecule has 0 aliphatic heterocycles. The van der Waals surface area contributed by atoms with Crippen molar-refractivity contribution in [1.82, 2.24) is 0 Å². The first-order valence-corrected chi connectivity index (χ1v) is 6.30. The Labute approximate surface area is 110 Å². The lowest BCUT2D eigenvalue weighted by Gasteiger charge is -2.19. The molecule has 96 valence electrons. The zero-order chi connectivity index (χ0) is 13.6. The number of rotatable bonds is 2. The van der Waals surface area contributed by atoms with E-state index in [2.05, 4.69) is 17.2 Å². The van der Waals surface area contributed by atoms with Crippen molar-refractivity contribution in [2.24, 2.45) is 0 Å². The number of anilines is 1. The van der Waals surface area contributed by atoms with Crippen LogP contribution in [0.25, 0.3) is 0 Å². The van der Waals surface area contributed by atoms with Gasteiger partial charge in [-0.1, -0.05) is 11.8 Å². The van der Waals surface area contributed by atoms with Crippen molar-refractivity contribution in [1.29, 1.82) is 0 Å². The van der Waals surface area contributed by atoms with Crippen molar-refractivity contribution in [3.8, 4) is 11.8 Å². The van der Waals surface area contributed by atoms with E-state index in [1.165, 1.54) is 11.3 Å². The van der Waals surface area contributed by atoms with E-state index in [9.17, 15) is 9.59 Å². The van der Waals surface area contributed by atoms with Crippen LogP contribution in [0.2, 0.25) is 0 Å². The monoisotopic (exact) mass is 265 g/mol. The fourth-order valence-corrected chi connectivity index (χ4v) is 1.78. The molecule has 0 saturated heterocycles. The molecule has 0 atom stereocenters. The van der Waals surface area contributed by atoms with Crippen LogP contribution in [0.4, 0.5) is 9.80 Å². The lowest BCUT2D eigenvalue weighted by molar-refractivity contribution is -0.107. The number of carbonyl (C=O) groups excluding carboxylic acids is 2. The average molecular weight is 265 g/mol. The van der Waals surface area contributed by atoms with Crippen molar-refractivity contribution in [2.45, 2.75) is 32.8 Å². The van der Waals surface area contributed by atoms with Crippen LogP contribution in [-0.2, 0) is 9.53 Å². The SMILES string of the molecule is CC(C)(C)OC(=O)Nc1cc(C#CCC=O)cs1. The molecule has 1 aromatic rings. The van der Waals surface area contributed by atoms with Gasteiger partial charge in [-0.15, -0.1) is 11.3 Å². The van der Waals surface area contributed by atoms with E-state index in [4.69, 9.17) is 4.74 Å². The molecule has 0 unspecified atom stereocenters. The van der Waals surface area contributed by atoms with Gasteiger partial charge in [0.1, 0.15) is 11.9 Å². The molecule has 18 heavy (non-hydrogen) atoms. The number of thiophene rings is 1. The molecule has 0 fully saturated rings. The predicted molar refractivity (Wildman–Crippen MR) is 71.7 cm³/mol. The molecule has 5 heteroatoms. The minimum absolute atomic E-state index is 0.213. The van der Waals surface area contributed by atoms with E-state index in [0.717, 1.165) is 11.8 Å². The molecule has 0 aliphatic rings. The first kappa shape index (κ1) is 14.3. The highest BCUT2D eigenvalue weighted by Gasteiger charge is 2.16. The van der Waals surface area contributed by atoms with Crippen LogP contribution < -0.4 is 5.32 Å². The molecule has 1 heterocycles. The predicted octanol–water partition coefficient (Wildman–Crippen LogP) is 3.04. The van der Waals surface area contributed by atoms with Gasteiger partial charge in [-0.3, -0.25) is 5.32 Å². The smallest absolute Gasteiger partial charge is 0.412 e. The highest BCUT2D eigenvalue weighted by molar-refractivity contribution is 7.14. The second kappa shape index (κ2) is 6.22. The van der Waals surface area contributed by atoms with Crippen LogP contribution in [0.5, 0.6) is 0 Å². The number of nitrogens with one attached hydrogen (secondary N) is 1. The number of ether oxygens (including phenoxy) is 1. The molecule has 0 radical (unpaired) electrons. The third-order valence-electron chi connectivity index (χ3n) is 1.64. The van der Waals surface area contributed by atoms with Crippen LogP contribution in [-0.4, -0.2) is 18.0 Å². The Morgan fingerprint density at radius 2 is 2.28 bits per heavy atom. The van der Waals surface area contributed by atoms with Crippen molar-refractivity contribution in [3.63, 3.8) is 0 Å². The third kappa shape index (κ3) is 5.51. The molecule has 0 aromatic carbocycles. The topological polar surface area (TPSA) is 55.4 Å². The Hall–Kier alpha value is -1.80. The standard InChI is InChI=1S/C13H15NO3S/c1-13(2,3)17-12(16)14-11-8-10(9-18-11)6-4-5-7-15/h7-9H,5H2,1-3H3,(H,14,16). The van der Waals surface area contributed by atoms with E-state index in [-0.39, 0.29) is 6.42 Å². The minimum atomic E-state index is -0.520. The lowest BCUT2D eigenvalue weighted by atomic mass is 10.2. The third-order valence-corrected chi connectivity index (χ3v) is 2.49. The van der Waals surface area contributed by atoms with Gasteiger partial charge in [0.05, 0.1) is 11.4 Å². The van der Waals surface area contributed by atoms with Crippen LogP contribution in [0, 0.1) is 11.8 Å². The number of amides is 1. The highest BCUT2D eigenvalue weighted by atomic mass is 32.1. The van der Waals surface area contributed by atoms with Gasteiger partial charge < -0.3 is 9.53 Å². The minimum Gasteiger partial charge on any atom is -0.444 e. The zero-order valence-electron chi connectivity index (χ0n) is 10.6. The molecule has 0 aliphatic carbocycles. The van der Waals surface area contributed by atoms with E-state index >= 15 is 0 Å². The normalized spacial score (nSPS) is 10.2. The molecule has 1 aromatic heterocycles. The van der Waals surface area contributed by atoms with Gasteiger partial charge in [0.15, 0.2) is 0 Å². The Balaban J connectivity index is 2.57. The number of hydrogen-bond donors (Lipinski definition) is 1. The van der Waals surface area contributed by atoms with Crippen LogP contribution in [0.3, 0.4) is 0 Å². The number of hydrogen-bond acceptors (Lipinski definition) is 4.